The van der Waals surface area contributed by atoms with Crippen molar-refractivity contribution in [3.8, 4) is 5.75 Å². The molecular weight excluding hydrogens is 260 g/mol. The van der Waals surface area contributed by atoms with Gasteiger partial charge in [0.25, 0.3) is 0 Å². The van der Waals surface area contributed by atoms with E-state index in [2.05, 4.69) is 10.1 Å². The predicted molar refractivity (Wildman–Crippen MR) is 62.0 cm³/mol. The minimum Gasteiger partial charge on any atom is -0.481 e. The van der Waals surface area contributed by atoms with E-state index in [9.17, 15) is 18.4 Å². The van der Waals surface area contributed by atoms with E-state index < -0.39 is 12.6 Å². The largest absolute Gasteiger partial charge is 0.481 e. The molecule has 1 aromatic rings. The maximum atomic E-state index is 11.9. The Kier molecular flexibility index (Phi) is 5.72. The Hall–Kier alpha value is -2.18. The second-order valence-electron chi connectivity index (χ2n) is 3.69. The summed E-state index contributed by atoms with van der Waals surface area (Å²) in [7, 11) is 0. The number of carbonyl (C=O) groups excluding carboxylic acids is 1. The van der Waals surface area contributed by atoms with Crippen LogP contribution in [0.5, 0.6) is 5.75 Å². The standard InChI is InChI=1S/C12H13F2NO4/c13-12(14)19-9-3-1-8(2-4-9)7-10(16)15-6-5-11(17)18/h1-4,12H,5-7H2,(H,15,16)(H,17,18). The van der Waals surface area contributed by atoms with Crippen LogP contribution in [0.25, 0.3) is 0 Å². The van der Waals surface area contributed by atoms with E-state index in [1.165, 1.54) is 24.3 Å². The molecule has 2 N–H and O–H groups in total. The molecule has 5 nitrogen and oxygen atoms in total. The number of hydrogen-bond donors (Lipinski definition) is 2. The second-order valence-corrected chi connectivity index (χ2v) is 3.69. The lowest BCUT2D eigenvalue weighted by molar-refractivity contribution is -0.136. The Morgan fingerprint density at radius 1 is 1.26 bits per heavy atom. The van der Waals surface area contributed by atoms with Crippen LogP contribution in [0.15, 0.2) is 24.3 Å². The maximum Gasteiger partial charge on any atom is 0.387 e. The van der Waals surface area contributed by atoms with Crippen molar-refractivity contribution in [3.05, 3.63) is 29.8 Å². The third kappa shape index (κ3) is 6.35. The first kappa shape index (κ1) is 14.9. The molecule has 0 aliphatic heterocycles. The summed E-state index contributed by atoms with van der Waals surface area (Å²) in [5.41, 5.74) is 0.620. The summed E-state index contributed by atoms with van der Waals surface area (Å²) in [6, 6.07) is 5.67. The number of benzene rings is 1. The normalized spacial score (nSPS) is 10.3. The van der Waals surface area contributed by atoms with E-state index in [0.717, 1.165) is 0 Å². The molecule has 0 aromatic heterocycles. The molecule has 0 aliphatic rings. The first-order valence-corrected chi connectivity index (χ1v) is 5.49. The number of hydrogen-bond acceptors (Lipinski definition) is 3. The van der Waals surface area contributed by atoms with Gasteiger partial charge in [0.15, 0.2) is 0 Å². The molecule has 0 saturated heterocycles. The number of ether oxygens (including phenoxy) is 1. The molecule has 0 unspecified atom stereocenters. The fourth-order valence-electron chi connectivity index (χ4n) is 1.35. The first-order valence-electron chi connectivity index (χ1n) is 5.49. The molecule has 1 aromatic carbocycles. The van der Waals surface area contributed by atoms with Crippen molar-refractivity contribution in [2.45, 2.75) is 19.5 Å². The topological polar surface area (TPSA) is 75.6 Å². The number of alkyl halides is 2. The van der Waals surface area contributed by atoms with Gasteiger partial charge in [-0.1, -0.05) is 12.1 Å². The predicted octanol–water partition coefficient (Wildman–Crippen LogP) is 1.42. The van der Waals surface area contributed by atoms with Crippen molar-refractivity contribution in [2.75, 3.05) is 6.54 Å². The molecule has 0 aliphatic carbocycles. The van der Waals surface area contributed by atoms with E-state index in [-0.39, 0.29) is 31.0 Å². The van der Waals surface area contributed by atoms with Gasteiger partial charge in [-0.05, 0) is 17.7 Å². The van der Waals surface area contributed by atoms with Crippen molar-refractivity contribution in [1.29, 1.82) is 0 Å². The number of nitrogens with one attached hydrogen (secondary N) is 1. The summed E-state index contributed by atoms with van der Waals surface area (Å²) in [6.07, 6.45) is -0.0958. The van der Waals surface area contributed by atoms with Crippen molar-refractivity contribution >= 4 is 11.9 Å². The van der Waals surface area contributed by atoms with Gasteiger partial charge < -0.3 is 15.2 Å². The van der Waals surface area contributed by atoms with Crippen LogP contribution in [0.4, 0.5) is 8.78 Å². The van der Waals surface area contributed by atoms with Gasteiger partial charge in [-0.3, -0.25) is 9.59 Å². The van der Waals surface area contributed by atoms with Crippen LogP contribution in [-0.2, 0) is 16.0 Å². The first-order chi connectivity index (χ1) is 8.97. The number of halogens is 2. The molecule has 7 heteroatoms. The quantitative estimate of drug-likeness (QED) is 0.787. The molecule has 0 spiro atoms. The fraction of sp³-hybridized carbons (Fsp3) is 0.333. The van der Waals surface area contributed by atoms with Crippen molar-refractivity contribution in [1.82, 2.24) is 5.32 Å². The second kappa shape index (κ2) is 7.30. The zero-order valence-electron chi connectivity index (χ0n) is 9.94. The molecule has 104 valence electrons. The van der Waals surface area contributed by atoms with Crippen LogP contribution in [0, 0.1) is 0 Å². The van der Waals surface area contributed by atoms with Crippen LogP contribution in [0.1, 0.15) is 12.0 Å². The highest BCUT2D eigenvalue weighted by molar-refractivity contribution is 5.79. The summed E-state index contributed by atoms with van der Waals surface area (Å²) in [4.78, 5) is 21.6. The third-order valence-electron chi connectivity index (χ3n) is 2.17. The number of amides is 1. The van der Waals surface area contributed by atoms with Crippen molar-refractivity contribution in [2.24, 2.45) is 0 Å². The highest BCUT2D eigenvalue weighted by atomic mass is 19.3. The highest BCUT2D eigenvalue weighted by Crippen LogP contribution is 2.15. The van der Waals surface area contributed by atoms with E-state index in [0.29, 0.717) is 5.56 Å². The van der Waals surface area contributed by atoms with Gasteiger partial charge in [0, 0.05) is 6.54 Å². The van der Waals surface area contributed by atoms with Crippen molar-refractivity contribution < 1.29 is 28.2 Å². The summed E-state index contributed by atoms with van der Waals surface area (Å²) >= 11 is 0. The lowest BCUT2D eigenvalue weighted by Crippen LogP contribution is -2.27. The Morgan fingerprint density at radius 2 is 1.89 bits per heavy atom. The maximum absolute atomic E-state index is 11.9. The SMILES string of the molecule is O=C(O)CCNC(=O)Cc1ccc(OC(F)F)cc1. The van der Waals surface area contributed by atoms with Crippen LogP contribution in [0.3, 0.4) is 0 Å². The van der Waals surface area contributed by atoms with Gasteiger partial charge in [-0.2, -0.15) is 8.78 Å². The summed E-state index contributed by atoms with van der Waals surface area (Å²) in [5, 5.41) is 10.8. The minimum atomic E-state index is -2.88. The molecule has 1 amide bonds. The zero-order chi connectivity index (χ0) is 14.3. The highest BCUT2D eigenvalue weighted by Gasteiger charge is 2.06. The average Bonchev–Trinajstić information content (AvgIpc) is 2.30. The van der Waals surface area contributed by atoms with Crippen molar-refractivity contribution in [3.63, 3.8) is 0 Å². The summed E-state index contributed by atoms with van der Waals surface area (Å²) < 4.78 is 28.0. The van der Waals surface area contributed by atoms with E-state index in [1.54, 1.807) is 0 Å². The molecule has 0 saturated carbocycles. The number of carboxylic acid groups (broad SMARTS) is 1. The number of aliphatic carboxylic acids is 1. The minimum absolute atomic E-state index is 0.0186. The molecule has 0 atom stereocenters. The molecule has 0 fully saturated rings. The van der Waals surface area contributed by atoms with Gasteiger partial charge in [0.05, 0.1) is 12.8 Å². The third-order valence-corrected chi connectivity index (χ3v) is 2.17. The van der Waals surface area contributed by atoms with Gasteiger partial charge >= 0.3 is 12.6 Å². The number of rotatable bonds is 7. The van der Waals surface area contributed by atoms with E-state index >= 15 is 0 Å². The van der Waals surface area contributed by atoms with Crippen LogP contribution in [-0.4, -0.2) is 30.1 Å². The average molecular weight is 273 g/mol. The smallest absolute Gasteiger partial charge is 0.387 e. The molecule has 0 bridgehead atoms. The van der Waals surface area contributed by atoms with E-state index in [1.807, 2.05) is 0 Å². The summed E-state index contributed by atoms with van der Waals surface area (Å²) in [5.74, 6) is -1.30. The van der Waals surface area contributed by atoms with Gasteiger partial charge in [0.1, 0.15) is 5.75 Å². The van der Waals surface area contributed by atoms with Crippen LogP contribution < -0.4 is 10.1 Å². The Bertz CT molecular complexity index is 434. The monoisotopic (exact) mass is 273 g/mol. The molecule has 0 radical (unpaired) electrons. The molecule has 0 heterocycles. The van der Waals surface area contributed by atoms with Crippen LogP contribution in [0.2, 0.25) is 0 Å². The van der Waals surface area contributed by atoms with Gasteiger partial charge in [0.2, 0.25) is 5.91 Å². The molecule has 19 heavy (non-hydrogen) atoms. The number of carbonyl (C=O) groups is 2. The number of carboxylic acids is 1. The fourth-order valence-corrected chi connectivity index (χ4v) is 1.35. The molecule has 1 rings (SSSR count). The molecular formula is C12H13F2NO4. The Labute approximate surface area is 108 Å². The Morgan fingerprint density at radius 3 is 2.42 bits per heavy atom. The van der Waals surface area contributed by atoms with Crippen LogP contribution >= 0.6 is 0 Å². The Balaban J connectivity index is 2.40. The van der Waals surface area contributed by atoms with Gasteiger partial charge in [-0.15, -0.1) is 0 Å². The summed E-state index contributed by atoms with van der Waals surface area (Å²) in [6.45, 7) is -2.83. The zero-order valence-corrected chi connectivity index (χ0v) is 9.94. The lowest BCUT2D eigenvalue weighted by atomic mass is 10.1. The van der Waals surface area contributed by atoms with E-state index in [4.69, 9.17) is 5.11 Å². The lowest BCUT2D eigenvalue weighted by Gasteiger charge is -2.06. The van der Waals surface area contributed by atoms with Gasteiger partial charge in [-0.25, -0.2) is 0 Å².